The molecule has 0 radical (unpaired) electrons. The lowest BCUT2D eigenvalue weighted by Crippen LogP contribution is -2.49. The smallest absolute Gasteiger partial charge is 0.142 e. The lowest BCUT2D eigenvalue weighted by atomic mass is 9.75. The molecule has 1 aliphatic carbocycles. The minimum atomic E-state index is 0.213. The molecule has 5 heteroatoms. The number of fused-ring (bicyclic) bond motifs is 1. The first kappa shape index (κ1) is 18.4. The van der Waals surface area contributed by atoms with E-state index in [1.165, 1.54) is 32.4 Å². The lowest BCUT2D eigenvalue weighted by Gasteiger charge is -2.44. The van der Waals surface area contributed by atoms with Crippen LogP contribution in [-0.4, -0.2) is 45.0 Å². The van der Waals surface area contributed by atoms with Crippen molar-refractivity contribution < 1.29 is 4.79 Å². The molecule has 5 nitrogen and oxygen atoms in total. The van der Waals surface area contributed by atoms with Gasteiger partial charge >= 0.3 is 0 Å². The Bertz CT molecular complexity index is 1010. The molecule has 3 heterocycles. The van der Waals surface area contributed by atoms with Crippen LogP contribution in [0, 0.1) is 5.92 Å². The van der Waals surface area contributed by atoms with Gasteiger partial charge in [-0.2, -0.15) is 10.2 Å². The van der Waals surface area contributed by atoms with Gasteiger partial charge in [0.2, 0.25) is 0 Å². The quantitative estimate of drug-likeness (QED) is 0.662. The van der Waals surface area contributed by atoms with Gasteiger partial charge in [0.1, 0.15) is 5.78 Å². The maximum atomic E-state index is 12.8. The fourth-order valence-corrected chi connectivity index (χ4v) is 4.65. The number of hydrogen-bond donors (Lipinski definition) is 0. The Morgan fingerprint density at radius 1 is 1.03 bits per heavy atom. The van der Waals surface area contributed by atoms with Crippen molar-refractivity contribution in [3.63, 3.8) is 0 Å². The van der Waals surface area contributed by atoms with Crippen LogP contribution in [0.3, 0.4) is 0 Å². The first-order chi connectivity index (χ1) is 14.3. The summed E-state index contributed by atoms with van der Waals surface area (Å²) in [6, 6.07) is 12.7. The summed E-state index contributed by atoms with van der Waals surface area (Å²) in [5, 5.41) is 10.3. The Balaban J connectivity index is 1.26. The van der Waals surface area contributed by atoms with Gasteiger partial charge in [0.15, 0.2) is 0 Å². The Hall–Kier alpha value is -2.66. The third-order valence-electron chi connectivity index (χ3n) is 6.48. The van der Waals surface area contributed by atoms with E-state index in [0.717, 1.165) is 40.6 Å². The minimum Gasteiger partial charge on any atom is -0.300 e. The topological polar surface area (TPSA) is 59.0 Å². The third-order valence-corrected chi connectivity index (χ3v) is 6.48. The number of carbonyl (C=O) groups excluding carboxylic acids is 1. The molecule has 1 aliphatic heterocycles. The van der Waals surface area contributed by atoms with Crippen molar-refractivity contribution >= 4 is 16.6 Å². The molecular weight excluding hydrogens is 360 g/mol. The summed E-state index contributed by atoms with van der Waals surface area (Å²) < 4.78 is 0. The van der Waals surface area contributed by atoms with Gasteiger partial charge in [-0.15, -0.1) is 0 Å². The van der Waals surface area contributed by atoms with Crippen molar-refractivity contribution in [2.75, 3.05) is 13.1 Å². The summed E-state index contributed by atoms with van der Waals surface area (Å²) in [7, 11) is 0. The number of nitrogens with zero attached hydrogens (tertiary/aromatic N) is 4. The second kappa shape index (κ2) is 7.99. The van der Waals surface area contributed by atoms with E-state index in [0.29, 0.717) is 18.2 Å². The second-order valence-electron chi connectivity index (χ2n) is 8.41. The summed E-state index contributed by atoms with van der Waals surface area (Å²) in [4.78, 5) is 19.9. The first-order valence-electron chi connectivity index (χ1n) is 10.7. The van der Waals surface area contributed by atoms with Crippen molar-refractivity contribution in [1.29, 1.82) is 0 Å². The number of likely N-dealkylation sites (tertiary alicyclic amines) is 1. The molecule has 2 aliphatic rings. The van der Waals surface area contributed by atoms with Crippen LogP contribution >= 0.6 is 0 Å². The van der Waals surface area contributed by atoms with Gasteiger partial charge in [0.25, 0.3) is 0 Å². The van der Waals surface area contributed by atoms with Crippen LogP contribution in [0.2, 0.25) is 0 Å². The van der Waals surface area contributed by atoms with E-state index in [-0.39, 0.29) is 5.92 Å². The zero-order valence-electron chi connectivity index (χ0n) is 16.6. The number of benzene rings is 1. The van der Waals surface area contributed by atoms with Crippen LogP contribution in [0.5, 0.6) is 0 Å². The summed E-state index contributed by atoms with van der Waals surface area (Å²) in [6.45, 7) is 2.43. The molecule has 3 aromatic rings. The Kier molecular flexibility index (Phi) is 5.06. The average molecular weight is 386 g/mol. The largest absolute Gasteiger partial charge is 0.300 e. The van der Waals surface area contributed by atoms with E-state index in [4.69, 9.17) is 0 Å². The van der Waals surface area contributed by atoms with E-state index in [1.54, 1.807) is 6.20 Å². The highest BCUT2D eigenvalue weighted by Gasteiger charge is 2.37. The number of carbonyl (C=O) groups is 1. The maximum absolute atomic E-state index is 12.8. The van der Waals surface area contributed by atoms with Crippen LogP contribution in [-0.2, 0) is 11.2 Å². The Morgan fingerprint density at radius 2 is 1.90 bits per heavy atom. The zero-order chi connectivity index (χ0) is 19.6. The van der Waals surface area contributed by atoms with E-state index in [1.807, 2.05) is 36.5 Å². The zero-order valence-corrected chi connectivity index (χ0v) is 16.6. The molecular formula is C24H26N4O. The van der Waals surface area contributed by atoms with Gasteiger partial charge in [-0.25, -0.2) is 0 Å². The molecule has 1 saturated carbocycles. The van der Waals surface area contributed by atoms with E-state index >= 15 is 0 Å². The molecule has 0 amide bonds. The van der Waals surface area contributed by atoms with Gasteiger partial charge in [-0.05, 0) is 68.4 Å². The van der Waals surface area contributed by atoms with Crippen molar-refractivity contribution in [3.8, 4) is 11.3 Å². The highest BCUT2D eigenvalue weighted by Crippen LogP contribution is 2.34. The SMILES string of the molecule is O=C(Cc1cc2cc(-c3cccnn3)ccc2cn1)C1CC(N2CCCCC2)C1. The maximum Gasteiger partial charge on any atom is 0.142 e. The van der Waals surface area contributed by atoms with Gasteiger partial charge in [0.05, 0.1) is 5.69 Å². The molecule has 148 valence electrons. The molecule has 0 atom stereocenters. The standard InChI is InChI=1S/C24H26N4O/c29-24(20-13-22(14-20)28-9-2-1-3-10-28)15-21-12-19-11-17(6-7-18(19)16-25-21)23-5-4-8-26-27-23/h4-8,11-12,16,20,22H,1-3,9-10,13-15H2. The number of piperidine rings is 1. The molecule has 0 spiro atoms. The normalized spacial score (nSPS) is 22.3. The summed E-state index contributed by atoms with van der Waals surface area (Å²) in [5.74, 6) is 0.556. The van der Waals surface area contributed by atoms with E-state index < -0.39 is 0 Å². The molecule has 0 bridgehead atoms. The van der Waals surface area contributed by atoms with Gasteiger partial charge in [-0.1, -0.05) is 18.6 Å². The van der Waals surface area contributed by atoms with Gasteiger partial charge in [-0.3, -0.25) is 9.78 Å². The summed E-state index contributed by atoms with van der Waals surface area (Å²) in [5.41, 5.74) is 2.74. The summed E-state index contributed by atoms with van der Waals surface area (Å²) in [6.07, 6.45) is 10.0. The van der Waals surface area contributed by atoms with Crippen molar-refractivity contribution in [1.82, 2.24) is 20.1 Å². The van der Waals surface area contributed by atoms with Gasteiger partial charge in [0, 0.05) is 47.4 Å². The van der Waals surface area contributed by atoms with Crippen molar-refractivity contribution in [2.24, 2.45) is 5.92 Å². The lowest BCUT2D eigenvalue weighted by molar-refractivity contribution is -0.127. The van der Waals surface area contributed by atoms with Gasteiger partial charge < -0.3 is 4.90 Å². The number of rotatable bonds is 5. The van der Waals surface area contributed by atoms with Crippen molar-refractivity contribution in [2.45, 2.75) is 44.6 Å². The van der Waals surface area contributed by atoms with Crippen LogP contribution in [0.4, 0.5) is 0 Å². The minimum absolute atomic E-state index is 0.213. The molecule has 29 heavy (non-hydrogen) atoms. The highest BCUT2D eigenvalue weighted by molar-refractivity contribution is 5.88. The number of Topliss-reactive ketones (excluding diaryl/α,β-unsaturated/α-hetero) is 1. The molecule has 1 aromatic carbocycles. The number of hydrogen-bond acceptors (Lipinski definition) is 5. The monoisotopic (exact) mass is 386 g/mol. The number of ketones is 1. The summed E-state index contributed by atoms with van der Waals surface area (Å²) >= 11 is 0. The Labute approximate surface area is 171 Å². The number of pyridine rings is 1. The van der Waals surface area contributed by atoms with Crippen LogP contribution < -0.4 is 0 Å². The molecule has 0 N–H and O–H groups in total. The molecule has 2 aromatic heterocycles. The van der Waals surface area contributed by atoms with E-state index in [2.05, 4.69) is 26.1 Å². The average Bonchev–Trinajstić information content (AvgIpc) is 2.73. The fourth-order valence-electron chi connectivity index (χ4n) is 4.65. The van der Waals surface area contributed by atoms with Crippen LogP contribution in [0.25, 0.3) is 22.0 Å². The van der Waals surface area contributed by atoms with Crippen LogP contribution in [0.1, 0.15) is 37.8 Å². The predicted molar refractivity (Wildman–Crippen MR) is 113 cm³/mol. The molecule has 5 rings (SSSR count). The molecule has 2 fully saturated rings. The second-order valence-corrected chi connectivity index (χ2v) is 8.41. The first-order valence-corrected chi connectivity index (χ1v) is 10.7. The highest BCUT2D eigenvalue weighted by atomic mass is 16.1. The third kappa shape index (κ3) is 3.92. The fraction of sp³-hybridized carbons (Fsp3) is 0.417. The van der Waals surface area contributed by atoms with E-state index in [9.17, 15) is 4.79 Å². The van der Waals surface area contributed by atoms with Crippen molar-refractivity contribution in [3.05, 3.63) is 54.5 Å². The predicted octanol–water partition coefficient (Wildman–Crippen LogP) is 4.07. The van der Waals surface area contributed by atoms with Crippen LogP contribution in [0.15, 0.2) is 48.8 Å². The molecule has 0 unspecified atom stereocenters. The Morgan fingerprint density at radius 3 is 2.69 bits per heavy atom. The number of aromatic nitrogens is 3. The molecule has 1 saturated heterocycles.